The lowest BCUT2D eigenvalue weighted by Crippen LogP contribution is -2.49. The predicted molar refractivity (Wildman–Crippen MR) is 128 cm³/mol. The molecule has 0 aliphatic heterocycles. The molecule has 2 aromatic rings. The maximum absolute atomic E-state index is 13.0. The summed E-state index contributed by atoms with van der Waals surface area (Å²) in [6.45, 7) is 12.2. The van der Waals surface area contributed by atoms with Crippen molar-refractivity contribution in [2.24, 2.45) is 0 Å². The van der Waals surface area contributed by atoms with Crippen LogP contribution in [-0.4, -0.2) is 65.3 Å². The summed E-state index contributed by atoms with van der Waals surface area (Å²) in [6, 6.07) is 6.26. The fraction of sp³-hybridized carbons (Fsp3) is 0.560. The minimum Gasteiger partial charge on any atom is -0.464 e. The van der Waals surface area contributed by atoms with E-state index >= 15 is 0 Å². The number of ether oxygens (including phenoxy) is 4. The number of aromatic nitrogens is 1. The van der Waals surface area contributed by atoms with Crippen LogP contribution in [0.2, 0.25) is 0 Å². The van der Waals surface area contributed by atoms with E-state index in [2.05, 4.69) is 0 Å². The molecule has 0 unspecified atom stereocenters. The summed E-state index contributed by atoms with van der Waals surface area (Å²) in [6.07, 6.45) is 0.467. The van der Waals surface area contributed by atoms with Gasteiger partial charge in [0.2, 0.25) is 0 Å². The Labute approximate surface area is 200 Å². The maximum atomic E-state index is 13.0. The van der Waals surface area contributed by atoms with E-state index in [1.165, 1.54) is 16.6 Å². The molecule has 0 N–H and O–H groups in total. The van der Waals surface area contributed by atoms with Crippen LogP contribution in [0.3, 0.4) is 0 Å². The van der Waals surface area contributed by atoms with Crippen LogP contribution in [0.25, 0.3) is 10.9 Å². The first-order chi connectivity index (χ1) is 15.8. The third-order valence-electron chi connectivity index (χ3n) is 4.63. The number of carbonyl (C=O) groups excluding carboxylic acids is 3. The van der Waals surface area contributed by atoms with Crippen molar-refractivity contribution in [3.05, 3.63) is 36.0 Å². The standard InChI is InChI=1S/C25H36N2O7/c1-9-32-21(28)20(27(16-31-8)23(30)34-25(5,6)7)14-17-15-26(22(29)33-24(2,3)4)19-13-11-10-12-18(17)19/h10-13,15,20H,9,14,16H2,1-8H3/t20-/m0/s1. The Morgan fingerprint density at radius 2 is 1.62 bits per heavy atom. The van der Waals surface area contributed by atoms with E-state index in [9.17, 15) is 14.4 Å². The van der Waals surface area contributed by atoms with Crippen LogP contribution in [0.15, 0.2) is 30.5 Å². The largest absolute Gasteiger partial charge is 0.464 e. The highest BCUT2D eigenvalue weighted by Crippen LogP contribution is 2.26. The Hall–Kier alpha value is -3.07. The van der Waals surface area contributed by atoms with Gasteiger partial charge in [-0.3, -0.25) is 9.47 Å². The van der Waals surface area contributed by atoms with Crippen molar-refractivity contribution in [2.75, 3.05) is 20.4 Å². The number of esters is 1. The van der Waals surface area contributed by atoms with E-state index in [1.807, 2.05) is 18.2 Å². The van der Waals surface area contributed by atoms with Crippen LogP contribution in [0, 0.1) is 0 Å². The summed E-state index contributed by atoms with van der Waals surface area (Å²) >= 11 is 0. The molecule has 0 aliphatic carbocycles. The predicted octanol–water partition coefficient (Wildman–Crippen LogP) is 4.74. The molecule has 34 heavy (non-hydrogen) atoms. The zero-order valence-electron chi connectivity index (χ0n) is 21.3. The van der Waals surface area contributed by atoms with Gasteiger partial charge in [0.05, 0.1) is 12.1 Å². The van der Waals surface area contributed by atoms with Crippen molar-refractivity contribution in [2.45, 2.75) is 72.1 Å². The van der Waals surface area contributed by atoms with E-state index in [-0.39, 0.29) is 19.8 Å². The van der Waals surface area contributed by atoms with Gasteiger partial charge in [-0.15, -0.1) is 0 Å². The van der Waals surface area contributed by atoms with E-state index in [0.29, 0.717) is 11.1 Å². The molecular weight excluding hydrogens is 440 g/mol. The van der Waals surface area contributed by atoms with Crippen molar-refractivity contribution in [1.29, 1.82) is 0 Å². The van der Waals surface area contributed by atoms with Gasteiger partial charge < -0.3 is 18.9 Å². The maximum Gasteiger partial charge on any atom is 0.419 e. The van der Waals surface area contributed by atoms with Gasteiger partial charge in [-0.2, -0.15) is 0 Å². The number of benzene rings is 1. The van der Waals surface area contributed by atoms with Crippen molar-refractivity contribution in [1.82, 2.24) is 9.47 Å². The van der Waals surface area contributed by atoms with E-state index < -0.39 is 35.4 Å². The number of methoxy groups -OCH3 is 1. The molecule has 0 spiro atoms. The van der Waals surface area contributed by atoms with Gasteiger partial charge in [-0.05, 0) is 60.1 Å². The topological polar surface area (TPSA) is 96.3 Å². The van der Waals surface area contributed by atoms with E-state index in [0.717, 1.165) is 5.39 Å². The lowest BCUT2D eigenvalue weighted by molar-refractivity contribution is -0.151. The fourth-order valence-electron chi connectivity index (χ4n) is 3.37. The zero-order valence-corrected chi connectivity index (χ0v) is 21.3. The van der Waals surface area contributed by atoms with Crippen molar-refractivity contribution in [3.8, 4) is 0 Å². The summed E-state index contributed by atoms with van der Waals surface area (Å²) in [4.78, 5) is 40.0. The number of hydrogen-bond acceptors (Lipinski definition) is 7. The molecule has 0 bridgehead atoms. The summed E-state index contributed by atoms with van der Waals surface area (Å²) in [5.74, 6) is -0.598. The molecule has 9 heteroatoms. The van der Waals surface area contributed by atoms with Gasteiger partial charge in [-0.1, -0.05) is 18.2 Å². The van der Waals surface area contributed by atoms with Gasteiger partial charge >= 0.3 is 18.2 Å². The second kappa shape index (κ2) is 10.9. The molecule has 188 valence electrons. The molecule has 0 fully saturated rings. The Kier molecular flexibility index (Phi) is 8.72. The van der Waals surface area contributed by atoms with Crippen molar-refractivity contribution in [3.63, 3.8) is 0 Å². The molecular formula is C25H36N2O7. The molecule has 0 radical (unpaired) electrons. The molecule has 0 saturated carbocycles. The van der Waals surface area contributed by atoms with Crippen LogP contribution in [0.1, 0.15) is 54.0 Å². The van der Waals surface area contributed by atoms with Crippen LogP contribution in [-0.2, 0) is 30.2 Å². The average Bonchev–Trinajstić information content (AvgIpc) is 3.07. The minimum atomic E-state index is -1.03. The number of fused-ring (bicyclic) bond motifs is 1. The highest BCUT2D eigenvalue weighted by molar-refractivity contribution is 5.93. The SMILES string of the molecule is CCOC(=O)[C@H](Cc1cn(C(=O)OC(C)(C)C)c2ccccc12)N(COC)C(=O)OC(C)(C)C. The quantitative estimate of drug-likeness (QED) is 0.323. The highest BCUT2D eigenvalue weighted by Gasteiger charge is 2.35. The molecule has 2 rings (SSSR count). The normalized spacial score (nSPS) is 12.8. The van der Waals surface area contributed by atoms with Gasteiger partial charge in [0.1, 0.15) is 24.0 Å². The van der Waals surface area contributed by atoms with Crippen LogP contribution >= 0.6 is 0 Å². The monoisotopic (exact) mass is 476 g/mol. The third-order valence-corrected chi connectivity index (χ3v) is 4.63. The molecule has 9 nitrogen and oxygen atoms in total. The average molecular weight is 477 g/mol. The number of hydrogen-bond donors (Lipinski definition) is 0. The molecule has 1 aromatic carbocycles. The van der Waals surface area contributed by atoms with Crippen molar-refractivity contribution >= 4 is 29.1 Å². The zero-order chi connectivity index (χ0) is 25.7. The van der Waals surface area contributed by atoms with Crippen LogP contribution in [0.4, 0.5) is 9.59 Å². The summed E-state index contributed by atoms with van der Waals surface area (Å²) in [5, 5.41) is 0.754. The lowest BCUT2D eigenvalue weighted by atomic mass is 10.0. The van der Waals surface area contributed by atoms with Gasteiger partial charge in [0.25, 0.3) is 0 Å². The molecule has 1 amide bonds. The molecule has 0 aliphatic rings. The summed E-state index contributed by atoms with van der Waals surface area (Å²) in [7, 11) is 1.42. The molecule has 1 heterocycles. The first kappa shape index (κ1) is 27.2. The molecule has 0 saturated heterocycles. The first-order valence-corrected chi connectivity index (χ1v) is 11.2. The number of amides is 1. The van der Waals surface area contributed by atoms with Gasteiger partial charge in [0, 0.05) is 25.1 Å². The Morgan fingerprint density at radius 1 is 1.00 bits per heavy atom. The van der Waals surface area contributed by atoms with Crippen molar-refractivity contribution < 1.29 is 33.3 Å². The first-order valence-electron chi connectivity index (χ1n) is 11.2. The Balaban J connectivity index is 2.52. The number of rotatable bonds is 7. The minimum absolute atomic E-state index is 0.0811. The van der Waals surface area contributed by atoms with Crippen LogP contribution in [0.5, 0.6) is 0 Å². The number of nitrogens with zero attached hydrogens (tertiary/aromatic N) is 2. The Bertz CT molecular complexity index is 1010. The number of para-hydroxylation sites is 1. The molecule has 1 aromatic heterocycles. The van der Waals surface area contributed by atoms with E-state index in [4.69, 9.17) is 18.9 Å². The smallest absolute Gasteiger partial charge is 0.419 e. The van der Waals surface area contributed by atoms with E-state index in [1.54, 1.807) is 60.7 Å². The second-order valence-electron chi connectivity index (χ2n) is 9.86. The highest BCUT2D eigenvalue weighted by atomic mass is 16.6. The second-order valence-corrected chi connectivity index (χ2v) is 9.86. The fourth-order valence-corrected chi connectivity index (χ4v) is 3.37. The lowest BCUT2D eigenvalue weighted by Gasteiger charge is -2.31. The summed E-state index contributed by atoms with van der Waals surface area (Å²) < 4.78 is 22.9. The van der Waals surface area contributed by atoms with Crippen LogP contribution < -0.4 is 0 Å². The van der Waals surface area contributed by atoms with Gasteiger partial charge in [-0.25, -0.2) is 14.4 Å². The number of carbonyl (C=O) groups is 3. The third kappa shape index (κ3) is 7.21. The molecule has 1 atom stereocenters. The Morgan fingerprint density at radius 3 is 2.18 bits per heavy atom. The van der Waals surface area contributed by atoms with Gasteiger partial charge in [0.15, 0.2) is 0 Å². The summed E-state index contributed by atoms with van der Waals surface area (Å²) in [5.41, 5.74) is -0.147.